The van der Waals surface area contributed by atoms with E-state index in [1.54, 1.807) is 20.8 Å². The number of nitrogens with zero attached hydrogens (tertiary/aromatic N) is 1. The molecule has 0 aliphatic heterocycles. The van der Waals surface area contributed by atoms with Crippen molar-refractivity contribution in [1.82, 2.24) is 10.3 Å². The number of carbonyl (C=O) groups excluding carboxylic acids is 1. The van der Waals surface area contributed by atoms with Gasteiger partial charge >= 0.3 is 6.09 Å². The lowest BCUT2D eigenvalue weighted by atomic mass is 10.1. The zero-order chi connectivity index (χ0) is 13.1. The van der Waals surface area contributed by atoms with Gasteiger partial charge in [-0.25, -0.2) is 13.6 Å². The van der Waals surface area contributed by atoms with Crippen molar-refractivity contribution >= 4 is 6.09 Å². The van der Waals surface area contributed by atoms with Crippen LogP contribution in [-0.2, 0) is 0 Å². The second-order valence-electron chi connectivity index (χ2n) is 4.52. The van der Waals surface area contributed by atoms with Gasteiger partial charge in [0.1, 0.15) is 0 Å². The van der Waals surface area contributed by atoms with Crippen LogP contribution < -0.4 is 10.1 Å². The summed E-state index contributed by atoms with van der Waals surface area (Å²) in [6.07, 6.45) is -1.12. The molecule has 0 spiro atoms. The van der Waals surface area contributed by atoms with Gasteiger partial charge in [0.25, 0.3) is 6.43 Å². The third-order valence-corrected chi connectivity index (χ3v) is 1.67. The average Bonchev–Trinajstić information content (AvgIpc) is 2.14. The third kappa shape index (κ3) is 4.76. The summed E-state index contributed by atoms with van der Waals surface area (Å²) in [5, 5.41) is 2.54. The summed E-state index contributed by atoms with van der Waals surface area (Å²) in [6, 6.07) is 1.08. The predicted octanol–water partition coefficient (Wildman–Crippen LogP) is 2.91. The summed E-state index contributed by atoms with van der Waals surface area (Å²) in [5.41, 5.74) is -0.740. The Hall–Kier alpha value is -1.72. The smallest absolute Gasteiger partial charge is 0.409 e. The number of nitrogens with one attached hydrogen (secondary N) is 1. The first-order chi connectivity index (χ1) is 7.78. The molecule has 1 rings (SSSR count). The number of alkyl halides is 2. The van der Waals surface area contributed by atoms with Crippen molar-refractivity contribution in [3.63, 3.8) is 0 Å². The molecule has 0 atom stereocenters. The Labute approximate surface area is 98.0 Å². The van der Waals surface area contributed by atoms with Crippen LogP contribution in [0.3, 0.4) is 0 Å². The Morgan fingerprint density at radius 1 is 1.41 bits per heavy atom. The maximum Gasteiger partial charge on any atom is 0.413 e. The van der Waals surface area contributed by atoms with Crippen molar-refractivity contribution in [1.29, 1.82) is 0 Å². The van der Waals surface area contributed by atoms with Crippen LogP contribution in [0.15, 0.2) is 18.5 Å². The van der Waals surface area contributed by atoms with Gasteiger partial charge in [-0.2, -0.15) is 0 Å². The molecule has 0 fully saturated rings. The van der Waals surface area contributed by atoms with E-state index < -0.39 is 18.1 Å². The lowest BCUT2D eigenvalue weighted by Gasteiger charge is -2.19. The van der Waals surface area contributed by atoms with E-state index in [1.807, 2.05) is 0 Å². The van der Waals surface area contributed by atoms with Crippen LogP contribution in [0.1, 0.15) is 32.8 Å². The minimum atomic E-state index is -2.64. The van der Waals surface area contributed by atoms with Gasteiger partial charge in [0, 0.05) is 17.3 Å². The van der Waals surface area contributed by atoms with Crippen molar-refractivity contribution in [3.05, 3.63) is 24.0 Å². The Morgan fingerprint density at radius 3 is 2.59 bits per heavy atom. The highest BCUT2D eigenvalue weighted by Gasteiger charge is 2.16. The fourth-order valence-corrected chi connectivity index (χ4v) is 1.05. The molecule has 0 aromatic carbocycles. The van der Waals surface area contributed by atoms with Crippen molar-refractivity contribution in [2.45, 2.75) is 32.7 Å². The Morgan fingerprint density at radius 2 is 2.06 bits per heavy atom. The highest BCUT2D eigenvalue weighted by molar-refractivity contribution is 5.71. The van der Waals surface area contributed by atoms with Crippen LogP contribution >= 0.6 is 0 Å². The summed E-state index contributed by atoms with van der Waals surface area (Å²) in [6.45, 7) is 5.34. The van der Waals surface area contributed by atoms with E-state index >= 15 is 0 Å². The van der Waals surface area contributed by atoms with E-state index in [4.69, 9.17) is 4.74 Å². The minimum absolute atomic E-state index is 0.00968. The summed E-state index contributed by atoms with van der Waals surface area (Å²) in [5.74, 6) is -0.00968. The van der Waals surface area contributed by atoms with Crippen molar-refractivity contribution in [2.75, 3.05) is 0 Å². The Balaban J connectivity index is 2.69. The summed E-state index contributed by atoms with van der Waals surface area (Å²) in [4.78, 5) is 14.9. The number of hydrogen-bond donors (Lipinski definition) is 1. The van der Waals surface area contributed by atoms with Crippen LogP contribution in [0.25, 0.3) is 0 Å². The maximum absolute atomic E-state index is 12.4. The van der Waals surface area contributed by atoms with Crippen LogP contribution in [0.2, 0.25) is 0 Å². The van der Waals surface area contributed by atoms with Gasteiger partial charge in [0.15, 0.2) is 5.75 Å². The van der Waals surface area contributed by atoms with E-state index in [0.717, 1.165) is 12.3 Å². The first kappa shape index (κ1) is 13.3. The van der Waals surface area contributed by atoms with Crippen LogP contribution in [0.5, 0.6) is 5.75 Å². The van der Waals surface area contributed by atoms with Gasteiger partial charge in [0.05, 0.1) is 6.20 Å². The van der Waals surface area contributed by atoms with Gasteiger partial charge < -0.3 is 10.1 Å². The quantitative estimate of drug-likeness (QED) is 0.870. The lowest BCUT2D eigenvalue weighted by Crippen LogP contribution is -2.42. The van der Waals surface area contributed by atoms with E-state index in [0.29, 0.717) is 0 Å². The molecule has 1 heterocycles. The van der Waals surface area contributed by atoms with E-state index in [1.165, 1.54) is 6.20 Å². The average molecular weight is 244 g/mol. The molecule has 1 aromatic rings. The largest absolute Gasteiger partial charge is 0.413 e. The second-order valence-corrected chi connectivity index (χ2v) is 4.52. The fourth-order valence-electron chi connectivity index (χ4n) is 1.05. The standard InChI is InChI=1S/C11H14F2N2O2/c1-11(2,3)15-10(16)17-8-4-7(9(12)13)5-14-6-8/h4-6,9H,1-3H3,(H,15,16). The van der Waals surface area contributed by atoms with Crippen molar-refractivity contribution in [3.8, 4) is 5.75 Å². The van der Waals surface area contributed by atoms with Gasteiger partial charge in [-0.3, -0.25) is 4.98 Å². The van der Waals surface area contributed by atoms with E-state index in [2.05, 4.69) is 10.3 Å². The monoisotopic (exact) mass is 244 g/mol. The van der Waals surface area contributed by atoms with E-state index in [-0.39, 0.29) is 11.3 Å². The number of pyridine rings is 1. The molecule has 1 aromatic heterocycles. The fraction of sp³-hybridized carbons (Fsp3) is 0.455. The van der Waals surface area contributed by atoms with Gasteiger partial charge in [0.2, 0.25) is 0 Å². The molecule has 94 valence electrons. The van der Waals surface area contributed by atoms with Crippen LogP contribution in [-0.4, -0.2) is 16.6 Å². The molecule has 0 saturated carbocycles. The molecular formula is C11H14F2N2O2. The highest BCUT2D eigenvalue weighted by Crippen LogP contribution is 2.21. The van der Waals surface area contributed by atoms with Crippen LogP contribution in [0.4, 0.5) is 13.6 Å². The first-order valence-electron chi connectivity index (χ1n) is 5.01. The van der Waals surface area contributed by atoms with Gasteiger partial charge in [-0.1, -0.05) is 0 Å². The molecule has 17 heavy (non-hydrogen) atoms. The second kappa shape index (κ2) is 5.07. The molecule has 6 heteroatoms. The third-order valence-electron chi connectivity index (χ3n) is 1.67. The Kier molecular flexibility index (Phi) is 3.98. The molecule has 4 nitrogen and oxygen atoms in total. The van der Waals surface area contributed by atoms with Crippen molar-refractivity contribution < 1.29 is 18.3 Å². The molecule has 0 aliphatic carbocycles. The maximum atomic E-state index is 12.4. The zero-order valence-electron chi connectivity index (χ0n) is 9.83. The number of carbonyl (C=O) groups is 1. The molecule has 0 unspecified atom stereocenters. The summed E-state index contributed by atoms with van der Waals surface area (Å²) >= 11 is 0. The van der Waals surface area contributed by atoms with Gasteiger partial charge in [-0.15, -0.1) is 0 Å². The Bertz CT molecular complexity index is 403. The molecule has 0 radical (unpaired) electrons. The molecule has 0 aliphatic rings. The number of aromatic nitrogens is 1. The minimum Gasteiger partial charge on any atom is -0.409 e. The summed E-state index contributed by atoms with van der Waals surface area (Å²) < 4.78 is 29.6. The number of halogens is 2. The molecule has 1 amide bonds. The number of ether oxygens (including phenoxy) is 1. The summed E-state index contributed by atoms with van der Waals surface area (Å²) in [7, 11) is 0. The van der Waals surface area contributed by atoms with Gasteiger partial charge in [-0.05, 0) is 26.8 Å². The molecule has 0 saturated heterocycles. The number of rotatable bonds is 2. The van der Waals surface area contributed by atoms with Crippen molar-refractivity contribution in [2.24, 2.45) is 0 Å². The molecular weight excluding hydrogens is 230 g/mol. The molecule has 0 bridgehead atoms. The SMILES string of the molecule is CC(C)(C)NC(=O)Oc1cncc(C(F)F)c1. The number of hydrogen-bond acceptors (Lipinski definition) is 3. The lowest BCUT2D eigenvalue weighted by molar-refractivity contribution is 0.150. The normalized spacial score (nSPS) is 11.4. The van der Waals surface area contributed by atoms with E-state index in [9.17, 15) is 13.6 Å². The first-order valence-corrected chi connectivity index (χ1v) is 5.01. The highest BCUT2D eigenvalue weighted by atomic mass is 19.3. The number of amides is 1. The van der Waals surface area contributed by atoms with Crippen LogP contribution in [0, 0.1) is 0 Å². The topological polar surface area (TPSA) is 51.2 Å². The zero-order valence-corrected chi connectivity index (χ0v) is 9.83. The predicted molar refractivity (Wildman–Crippen MR) is 58.1 cm³/mol. The molecule has 1 N–H and O–H groups in total.